The molecule has 0 aliphatic carbocycles. The van der Waals surface area contributed by atoms with Gasteiger partial charge in [0.1, 0.15) is 0 Å². The number of rotatable bonds is 5. The summed E-state index contributed by atoms with van der Waals surface area (Å²) in [6, 6.07) is 10.3. The number of pyridine rings is 1. The maximum absolute atomic E-state index is 12.2. The van der Waals surface area contributed by atoms with Gasteiger partial charge in [-0.05, 0) is 54.8 Å². The first-order valence-corrected chi connectivity index (χ1v) is 7.24. The average molecular weight is 281 g/mol. The molecular weight excluding hydrogens is 262 g/mol. The molecule has 0 fully saturated rings. The maximum atomic E-state index is 12.2. The fraction of sp³-hybridized carbons (Fsp3) is 0.294. The Balaban J connectivity index is 1.58. The van der Waals surface area contributed by atoms with E-state index in [2.05, 4.69) is 22.5 Å². The predicted molar refractivity (Wildman–Crippen MR) is 83.5 cm³/mol. The highest BCUT2D eigenvalue weighted by Crippen LogP contribution is 2.26. The van der Waals surface area contributed by atoms with Gasteiger partial charge in [-0.25, -0.2) is 0 Å². The number of anilines is 1. The molecule has 1 atom stereocenters. The molecule has 1 aromatic heterocycles. The summed E-state index contributed by atoms with van der Waals surface area (Å²) in [7, 11) is 0. The molecule has 1 aromatic carbocycles. The zero-order valence-corrected chi connectivity index (χ0v) is 12.1. The molecule has 2 heterocycles. The number of nitrogens with one attached hydrogen (secondary N) is 2. The minimum Gasteiger partial charge on any atom is -0.382 e. The zero-order chi connectivity index (χ0) is 14.7. The summed E-state index contributed by atoms with van der Waals surface area (Å²) in [5.41, 5.74) is 4.31. The number of carbonyl (C=O) groups excluding carboxylic acids is 1. The number of aromatic nitrogens is 1. The van der Waals surface area contributed by atoms with Crippen LogP contribution < -0.4 is 10.6 Å². The maximum Gasteiger partial charge on any atom is 0.176 e. The van der Waals surface area contributed by atoms with Crippen LogP contribution in [0.15, 0.2) is 42.7 Å². The van der Waals surface area contributed by atoms with Crippen molar-refractivity contribution in [1.82, 2.24) is 10.3 Å². The van der Waals surface area contributed by atoms with Crippen LogP contribution in [0.3, 0.4) is 0 Å². The normalized spacial score (nSPS) is 16.3. The van der Waals surface area contributed by atoms with E-state index in [1.54, 1.807) is 12.4 Å². The number of fused-ring (bicyclic) bond motifs is 1. The minimum atomic E-state index is 0.131. The highest BCUT2D eigenvalue weighted by Gasteiger charge is 2.18. The van der Waals surface area contributed by atoms with Crippen LogP contribution in [-0.4, -0.2) is 23.4 Å². The van der Waals surface area contributed by atoms with Gasteiger partial charge in [-0.15, -0.1) is 0 Å². The van der Waals surface area contributed by atoms with Crippen LogP contribution in [0, 0.1) is 0 Å². The lowest BCUT2D eigenvalue weighted by Crippen LogP contribution is -2.22. The van der Waals surface area contributed by atoms with Gasteiger partial charge >= 0.3 is 0 Å². The van der Waals surface area contributed by atoms with Crippen molar-refractivity contribution in [2.24, 2.45) is 0 Å². The van der Waals surface area contributed by atoms with E-state index in [0.717, 1.165) is 23.2 Å². The monoisotopic (exact) mass is 281 g/mol. The molecule has 0 bridgehead atoms. The van der Waals surface area contributed by atoms with Gasteiger partial charge in [0.15, 0.2) is 5.78 Å². The fourth-order valence-electron chi connectivity index (χ4n) is 2.65. The first kappa shape index (κ1) is 13.8. The predicted octanol–water partition coefficient (Wildman–Crippen LogP) is 2.41. The largest absolute Gasteiger partial charge is 0.382 e. The van der Waals surface area contributed by atoms with Crippen LogP contribution in [0.2, 0.25) is 0 Å². The van der Waals surface area contributed by atoms with Crippen molar-refractivity contribution < 1.29 is 4.79 Å². The molecule has 0 spiro atoms. The molecule has 1 aliphatic rings. The molecule has 4 nitrogen and oxygen atoms in total. The topological polar surface area (TPSA) is 54.0 Å². The summed E-state index contributed by atoms with van der Waals surface area (Å²) in [6.07, 6.45) is 4.50. The van der Waals surface area contributed by atoms with Gasteiger partial charge in [-0.2, -0.15) is 0 Å². The minimum absolute atomic E-state index is 0.131. The molecule has 2 N–H and O–H groups in total. The highest BCUT2D eigenvalue weighted by atomic mass is 16.1. The third-order valence-corrected chi connectivity index (χ3v) is 3.72. The molecule has 0 saturated carbocycles. The summed E-state index contributed by atoms with van der Waals surface area (Å²) < 4.78 is 0. The zero-order valence-electron chi connectivity index (χ0n) is 12.1. The van der Waals surface area contributed by atoms with E-state index in [1.807, 2.05) is 30.3 Å². The first-order chi connectivity index (χ1) is 10.2. The number of Topliss-reactive ketones (excluding diaryl/α,β-unsaturated/α-hetero) is 1. The van der Waals surface area contributed by atoms with Crippen LogP contribution in [0.5, 0.6) is 0 Å². The lowest BCUT2D eigenvalue weighted by molar-refractivity contribution is 0.0990. The lowest BCUT2D eigenvalue weighted by atomic mass is 10.0. The molecule has 1 aliphatic heterocycles. The summed E-state index contributed by atoms with van der Waals surface area (Å²) in [5, 5.41) is 6.58. The van der Waals surface area contributed by atoms with Crippen LogP contribution >= 0.6 is 0 Å². The number of carbonyl (C=O) groups is 1. The van der Waals surface area contributed by atoms with Gasteiger partial charge in [0, 0.05) is 36.2 Å². The Morgan fingerprint density at radius 3 is 2.95 bits per heavy atom. The van der Waals surface area contributed by atoms with Crippen molar-refractivity contribution in [2.75, 3.05) is 11.9 Å². The number of ketones is 1. The first-order valence-electron chi connectivity index (χ1n) is 7.24. The van der Waals surface area contributed by atoms with Gasteiger partial charge in [-0.1, -0.05) is 0 Å². The molecule has 0 amide bonds. The molecule has 0 radical (unpaired) electrons. The van der Waals surface area contributed by atoms with E-state index in [1.165, 1.54) is 5.56 Å². The van der Waals surface area contributed by atoms with E-state index >= 15 is 0 Å². The van der Waals surface area contributed by atoms with Gasteiger partial charge in [0.05, 0.1) is 6.54 Å². The Kier molecular flexibility index (Phi) is 3.97. The van der Waals surface area contributed by atoms with Gasteiger partial charge < -0.3 is 10.6 Å². The SMILES string of the molecule is CC1Cc2cc(C(=O)CNCc3ccncc3)ccc2N1. The van der Waals surface area contributed by atoms with Gasteiger partial charge in [-0.3, -0.25) is 9.78 Å². The molecule has 108 valence electrons. The van der Waals surface area contributed by atoms with Crippen molar-refractivity contribution in [1.29, 1.82) is 0 Å². The second-order valence-electron chi connectivity index (χ2n) is 5.50. The summed E-state index contributed by atoms with van der Waals surface area (Å²) in [5.74, 6) is 0.131. The number of benzene rings is 1. The van der Waals surface area contributed by atoms with E-state index < -0.39 is 0 Å². The van der Waals surface area contributed by atoms with Crippen molar-refractivity contribution in [2.45, 2.75) is 25.9 Å². The van der Waals surface area contributed by atoms with Crippen LogP contribution in [0.25, 0.3) is 0 Å². The number of hydrogen-bond donors (Lipinski definition) is 2. The van der Waals surface area contributed by atoms with E-state index in [0.29, 0.717) is 19.1 Å². The van der Waals surface area contributed by atoms with Crippen molar-refractivity contribution in [3.05, 3.63) is 59.4 Å². The van der Waals surface area contributed by atoms with Crippen LogP contribution in [0.1, 0.15) is 28.4 Å². The Hall–Kier alpha value is -2.20. The van der Waals surface area contributed by atoms with Crippen molar-refractivity contribution >= 4 is 11.5 Å². The lowest BCUT2D eigenvalue weighted by Gasteiger charge is -2.06. The van der Waals surface area contributed by atoms with Crippen molar-refractivity contribution in [3.8, 4) is 0 Å². The second kappa shape index (κ2) is 6.06. The average Bonchev–Trinajstić information content (AvgIpc) is 2.87. The standard InChI is InChI=1S/C17H19N3O/c1-12-8-15-9-14(2-3-16(15)20-12)17(21)11-19-10-13-4-6-18-7-5-13/h2-7,9,12,19-20H,8,10-11H2,1H3. The van der Waals surface area contributed by atoms with Gasteiger partial charge in [0.25, 0.3) is 0 Å². The molecule has 1 unspecified atom stereocenters. The Morgan fingerprint density at radius 2 is 2.14 bits per heavy atom. The van der Waals surface area contributed by atoms with Crippen molar-refractivity contribution in [3.63, 3.8) is 0 Å². The third-order valence-electron chi connectivity index (χ3n) is 3.72. The molecule has 4 heteroatoms. The Labute approximate surface area is 124 Å². The quantitative estimate of drug-likeness (QED) is 0.826. The molecular formula is C17H19N3O. The fourth-order valence-corrected chi connectivity index (χ4v) is 2.65. The van der Waals surface area contributed by atoms with Crippen LogP contribution in [0.4, 0.5) is 5.69 Å². The van der Waals surface area contributed by atoms with Crippen LogP contribution in [-0.2, 0) is 13.0 Å². The summed E-state index contributed by atoms with van der Waals surface area (Å²) in [4.78, 5) is 16.2. The summed E-state index contributed by atoms with van der Waals surface area (Å²) in [6.45, 7) is 3.18. The Bertz CT molecular complexity index is 640. The van der Waals surface area contributed by atoms with E-state index in [4.69, 9.17) is 0 Å². The molecule has 21 heavy (non-hydrogen) atoms. The van der Waals surface area contributed by atoms with Gasteiger partial charge in [0.2, 0.25) is 0 Å². The van der Waals surface area contributed by atoms with E-state index in [-0.39, 0.29) is 5.78 Å². The summed E-state index contributed by atoms with van der Waals surface area (Å²) >= 11 is 0. The smallest absolute Gasteiger partial charge is 0.176 e. The number of nitrogens with zero attached hydrogens (tertiary/aromatic N) is 1. The van der Waals surface area contributed by atoms with E-state index in [9.17, 15) is 4.79 Å². The molecule has 3 rings (SSSR count). The number of hydrogen-bond acceptors (Lipinski definition) is 4. The molecule has 0 saturated heterocycles. The second-order valence-corrected chi connectivity index (χ2v) is 5.50. The Morgan fingerprint density at radius 1 is 1.33 bits per heavy atom. The highest BCUT2D eigenvalue weighted by molar-refractivity contribution is 5.98. The molecule has 2 aromatic rings. The third kappa shape index (κ3) is 3.28.